The van der Waals surface area contributed by atoms with Crippen molar-refractivity contribution >= 4 is 29.2 Å². The number of amidine groups is 1. The topological polar surface area (TPSA) is 83.5 Å². The van der Waals surface area contributed by atoms with Crippen molar-refractivity contribution in [3.63, 3.8) is 0 Å². The highest BCUT2D eigenvalue weighted by molar-refractivity contribution is 6.05. The lowest BCUT2D eigenvalue weighted by Crippen LogP contribution is -2.33. The van der Waals surface area contributed by atoms with Gasteiger partial charge in [-0.2, -0.15) is 0 Å². The van der Waals surface area contributed by atoms with E-state index in [4.69, 9.17) is 9.57 Å². The Kier molecular flexibility index (Phi) is 5.24. The van der Waals surface area contributed by atoms with Gasteiger partial charge in [-0.05, 0) is 23.8 Å². The van der Waals surface area contributed by atoms with Crippen LogP contribution in [0.1, 0.15) is 12.5 Å². The number of halogens is 1. The number of carbonyl (C=O) groups is 2. The summed E-state index contributed by atoms with van der Waals surface area (Å²) in [5.41, 5.74) is 2.48. The van der Waals surface area contributed by atoms with E-state index in [1.54, 1.807) is 11.0 Å². The van der Waals surface area contributed by atoms with Crippen LogP contribution in [0.25, 0.3) is 0 Å². The first-order valence-electron chi connectivity index (χ1n) is 8.32. The number of hydrogen-bond donors (Lipinski definition) is 1. The van der Waals surface area contributed by atoms with Crippen molar-refractivity contribution in [2.45, 2.75) is 19.4 Å². The van der Waals surface area contributed by atoms with Gasteiger partial charge in [0.2, 0.25) is 5.91 Å². The van der Waals surface area contributed by atoms with E-state index in [1.165, 1.54) is 18.9 Å². The van der Waals surface area contributed by atoms with Crippen LogP contribution in [0.4, 0.5) is 20.6 Å². The Hall–Kier alpha value is -2.84. The Balaban J connectivity index is 1.78. The number of amides is 2. The molecule has 0 radical (unpaired) electrons. The zero-order valence-corrected chi connectivity index (χ0v) is 14.7. The summed E-state index contributed by atoms with van der Waals surface area (Å²) >= 11 is 0. The number of rotatable bonds is 6. The van der Waals surface area contributed by atoms with Crippen LogP contribution in [0, 0.1) is 0 Å². The van der Waals surface area contributed by atoms with Gasteiger partial charge >= 0.3 is 6.09 Å². The smallest absolute Gasteiger partial charge is 0.414 e. The summed E-state index contributed by atoms with van der Waals surface area (Å²) in [5.74, 6) is 0.458. The molecule has 0 aliphatic carbocycles. The van der Waals surface area contributed by atoms with Crippen molar-refractivity contribution in [1.82, 2.24) is 5.32 Å². The van der Waals surface area contributed by atoms with Gasteiger partial charge in [0.25, 0.3) is 0 Å². The highest BCUT2D eigenvalue weighted by Crippen LogP contribution is 2.34. The highest BCUT2D eigenvalue weighted by Gasteiger charge is 2.34. The van der Waals surface area contributed by atoms with Gasteiger partial charge in [-0.15, -0.1) is 0 Å². The van der Waals surface area contributed by atoms with E-state index in [0.717, 1.165) is 11.3 Å². The number of benzene rings is 1. The van der Waals surface area contributed by atoms with Gasteiger partial charge in [0.15, 0.2) is 5.84 Å². The van der Waals surface area contributed by atoms with E-state index in [0.29, 0.717) is 24.5 Å². The van der Waals surface area contributed by atoms with Crippen molar-refractivity contribution in [1.29, 1.82) is 0 Å². The third-order valence-corrected chi connectivity index (χ3v) is 4.28. The number of ether oxygens (including phenoxy) is 1. The molecular weight excluding hydrogens is 343 g/mol. The second-order valence-electron chi connectivity index (χ2n) is 6.07. The summed E-state index contributed by atoms with van der Waals surface area (Å²) in [6.45, 7) is 1.73. The molecule has 0 unspecified atom stereocenters. The Labute approximate surface area is 150 Å². The fraction of sp³-hybridized carbons (Fsp3) is 0.471. The van der Waals surface area contributed by atoms with E-state index in [9.17, 15) is 14.0 Å². The Bertz CT molecular complexity index is 739. The molecule has 1 N–H and O–H groups in total. The molecule has 1 saturated heterocycles. The second kappa shape index (κ2) is 7.59. The molecule has 2 aliphatic heterocycles. The van der Waals surface area contributed by atoms with Crippen LogP contribution in [-0.4, -0.2) is 57.4 Å². The fourth-order valence-electron chi connectivity index (χ4n) is 3.17. The number of anilines is 2. The summed E-state index contributed by atoms with van der Waals surface area (Å²) in [4.78, 5) is 31.3. The largest absolute Gasteiger partial charge is 0.442 e. The Morgan fingerprint density at radius 1 is 1.50 bits per heavy atom. The van der Waals surface area contributed by atoms with E-state index in [2.05, 4.69) is 10.5 Å². The van der Waals surface area contributed by atoms with Gasteiger partial charge in [0.05, 0.1) is 19.6 Å². The van der Waals surface area contributed by atoms with Gasteiger partial charge in [-0.25, -0.2) is 9.18 Å². The number of alkyl halides is 1. The first-order valence-corrected chi connectivity index (χ1v) is 8.32. The SMILES string of the molecule is CON=C1Cc2cc(N3C[C@H](CNC(C)=O)OC3=O)ccc2N1CCF. The number of carbonyl (C=O) groups excluding carboxylic acids is 2. The van der Waals surface area contributed by atoms with Crippen LogP contribution in [0.2, 0.25) is 0 Å². The molecule has 2 amide bonds. The molecule has 1 atom stereocenters. The maximum Gasteiger partial charge on any atom is 0.414 e. The van der Waals surface area contributed by atoms with E-state index >= 15 is 0 Å². The van der Waals surface area contributed by atoms with Crippen molar-refractivity contribution in [2.24, 2.45) is 5.16 Å². The number of cyclic esters (lactones) is 1. The normalized spacial score (nSPS) is 20.3. The maximum atomic E-state index is 12.9. The molecule has 1 aromatic carbocycles. The Morgan fingerprint density at radius 2 is 2.31 bits per heavy atom. The van der Waals surface area contributed by atoms with Crippen LogP contribution in [0.3, 0.4) is 0 Å². The van der Waals surface area contributed by atoms with Crippen LogP contribution < -0.4 is 15.1 Å². The monoisotopic (exact) mass is 364 g/mol. The number of hydrogen-bond acceptors (Lipinski definition) is 5. The van der Waals surface area contributed by atoms with Crippen molar-refractivity contribution < 1.29 is 23.6 Å². The molecule has 0 bridgehead atoms. The molecule has 140 valence electrons. The molecule has 26 heavy (non-hydrogen) atoms. The minimum atomic E-state index is -0.507. The quantitative estimate of drug-likeness (QED) is 0.773. The molecule has 8 nitrogen and oxygen atoms in total. The molecule has 9 heteroatoms. The minimum Gasteiger partial charge on any atom is -0.442 e. The lowest BCUT2D eigenvalue weighted by Gasteiger charge is -2.19. The first kappa shape index (κ1) is 18.0. The third-order valence-electron chi connectivity index (χ3n) is 4.28. The van der Waals surface area contributed by atoms with Crippen molar-refractivity contribution in [3.05, 3.63) is 23.8 Å². The molecule has 1 aromatic rings. The zero-order chi connectivity index (χ0) is 18.7. The van der Waals surface area contributed by atoms with Crippen LogP contribution >= 0.6 is 0 Å². The highest BCUT2D eigenvalue weighted by atomic mass is 19.1. The molecule has 2 aliphatic rings. The zero-order valence-electron chi connectivity index (χ0n) is 14.7. The average molecular weight is 364 g/mol. The summed E-state index contributed by atoms with van der Waals surface area (Å²) in [5, 5.41) is 6.61. The predicted molar refractivity (Wildman–Crippen MR) is 94.2 cm³/mol. The third kappa shape index (κ3) is 3.56. The molecule has 0 spiro atoms. The lowest BCUT2D eigenvalue weighted by atomic mass is 10.1. The summed E-state index contributed by atoms with van der Waals surface area (Å²) in [6, 6.07) is 5.51. The van der Waals surface area contributed by atoms with E-state index in [1.807, 2.05) is 12.1 Å². The molecule has 2 heterocycles. The molecule has 3 rings (SSSR count). The number of oxime groups is 1. The summed E-state index contributed by atoms with van der Waals surface area (Å²) < 4.78 is 18.2. The summed E-state index contributed by atoms with van der Waals surface area (Å²) in [7, 11) is 1.45. The van der Waals surface area contributed by atoms with Gasteiger partial charge < -0.3 is 19.8 Å². The maximum absolute atomic E-state index is 12.9. The van der Waals surface area contributed by atoms with Gasteiger partial charge in [-0.1, -0.05) is 5.16 Å². The number of nitrogens with zero attached hydrogens (tertiary/aromatic N) is 3. The first-order chi connectivity index (χ1) is 12.5. The van der Waals surface area contributed by atoms with Gasteiger partial charge in [0, 0.05) is 24.7 Å². The van der Waals surface area contributed by atoms with Crippen molar-refractivity contribution in [3.8, 4) is 0 Å². The van der Waals surface area contributed by atoms with Crippen LogP contribution in [0.15, 0.2) is 23.4 Å². The number of nitrogens with one attached hydrogen (secondary N) is 1. The molecular formula is C17H21FN4O4. The van der Waals surface area contributed by atoms with E-state index < -0.39 is 18.9 Å². The van der Waals surface area contributed by atoms with E-state index in [-0.39, 0.29) is 19.0 Å². The Morgan fingerprint density at radius 3 is 3.00 bits per heavy atom. The predicted octanol–water partition coefficient (Wildman–Crippen LogP) is 1.44. The number of fused-ring (bicyclic) bond motifs is 1. The van der Waals surface area contributed by atoms with Crippen LogP contribution in [0.5, 0.6) is 0 Å². The summed E-state index contributed by atoms with van der Waals surface area (Å²) in [6.07, 6.45) is -0.354. The van der Waals surface area contributed by atoms with Gasteiger partial charge in [-0.3, -0.25) is 9.69 Å². The molecule has 0 aromatic heterocycles. The minimum absolute atomic E-state index is 0.171. The fourth-order valence-corrected chi connectivity index (χ4v) is 3.17. The molecule has 0 saturated carbocycles. The van der Waals surface area contributed by atoms with Gasteiger partial charge in [0.1, 0.15) is 19.9 Å². The second-order valence-corrected chi connectivity index (χ2v) is 6.07. The van der Waals surface area contributed by atoms with Crippen LogP contribution in [-0.2, 0) is 20.8 Å². The van der Waals surface area contributed by atoms with Crippen molar-refractivity contribution in [2.75, 3.05) is 43.2 Å². The molecule has 1 fully saturated rings. The standard InChI is InChI=1S/C17H21FN4O4/c1-11(23)19-9-14-10-22(17(24)26-14)13-3-4-15-12(7-13)8-16(20-25-2)21(15)6-5-18/h3-4,7,14H,5-6,8-10H2,1-2H3,(H,19,23)/t14-/m0/s1. The average Bonchev–Trinajstić information content (AvgIpc) is 3.14. The lowest BCUT2D eigenvalue weighted by molar-refractivity contribution is -0.119.